The molecule has 3 aliphatic carbocycles. The van der Waals surface area contributed by atoms with Crippen LogP contribution >= 0.6 is 0 Å². The maximum atomic E-state index is 5.30. The van der Waals surface area contributed by atoms with Gasteiger partial charge < -0.3 is 0 Å². The van der Waals surface area contributed by atoms with Gasteiger partial charge in [0.25, 0.3) is 0 Å². The van der Waals surface area contributed by atoms with Gasteiger partial charge in [-0.3, -0.25) is 9.98 Å². The Bertz CT molecular complexity index is 2340. The van der Waals surface area contributed by atoms with Crippen LogP contribution in [0.5, 0.6) is 0 Å². The second-order valence-electron chi connectivity index (χ2n) is 14.0. The minimum absolute atomic E-state index is 0.558. The van der Waals surface area contributed by atoms with Crippen molar-refractivity contribution < 1.29 is 0 Å². The summed E-state index contributed by atoms with van der Waals surface area (Å²) in [7, 11) is 0. The Labute approximate surface area is 342 Å². The average molecular weight is 745 g/mol. The van der Waals surface area contributed by atoms with Crippen molar-refractivity contribution in [1.29, 1.82) is 0 Å². The summed E-state index contributed by atoms with van der Waals surface area (Å²) in [5.74, 6) is 0. The van der Waals surface area contributed by atoms with Gasteiger partial charge in [0.2, 0.25) is 0 Å². The molecule has 0 N–H and O–H groups in total. The maximum Gasteiger partial charge on any atom is 0.0719 e. The minimum atomic E-state index is 0.558. The highest BCUT2D eigenvalue weighted by Crippen LogP contribution is 2.40. The molecule has 0 saturated heterocycles. The van der Waals surface area contributed by atoms with E-state index in [1.54, 1.807) is 0 Å². The summed E-state index contributed by atoms with van der Waals surface area (Å²) >= 11 is 0. The first-order valence-corrected chi connectivity index (χ1v) is 20.0. The molecule has 3 aliphatic rings. The van der Waals surface area contributed by atoms with Crippen LogP contribution in [-0.4, -0.2) is 12.4 Å². The second kappa shape index (κ2) is 21.7. The third-order valence-electron chi connectivity index (χ3n) is 10.2. The van der Waals surface area contributed by atoms with Crippen molar-refractivity contribution in [2.75, 3.05) is 0 Å². The van der Waals surface area contributed by atoms with Crippen LogP contribution in [0.2, 0.25) is 0 Å². The Morgan fingerprint density at radius 1 is 0.842 bits per heavy atom. The summed E-state index contributed by atoms with van der Waals surface area (Å²) < 4.78 is 0. The quantitative estimate of drug-likeness (QED) is 0.0946. The van der Waals surface area contributed by atoms with Crippen LogP contribution in [0.1, 0.15) is 82.6 Å². The zero-order valence-corrected chi connectivity index (χ0v) is 34.4. The van der Waals surface area contributed by atoms with Gasteiger partial charge in [0.15, 0.2) is 0 Å². The second-order valence-corrected chi connectivity index (χ2v) is 14.0. The first kappa shape index (κ1) is 41.8. The highest BCUT2D eigenvalue weighted by molar-refractivity contribution is 6.14. The molecule has 0 heterocycles. The predicted octanol–water partition coefficient (Wildman–Crippen LogP) is 15.0. The smallest absolute Gasteiger partial charge is 0.0719 e. The molecule has 0 amide bonds. The lowest BCUT2D eigenvalue weighted by atomic mass is 9.93. The molecule has 0 aliphatic heterocycles. The molecule has 2 heteroatoms. The van der Waals surface area contributed by atoms with E-state index in [4.69, 9.17) is 4.99 Å². The van der Waals surface area contributed by atoms with Crippen molar-refractivity contribution in [3.63, 3.8) is 0 Å². The third kappa shape index (κ3) is 11.4. The Balaban J connectivity index is 0.00000148. The number of benzene rings is 3. The molecule has 6 rings (SSSR count). The van der Waals surface area contributed by atoms with Crippen LogP contribution in [0.25, 0.3) is 22.3 Å². The van der Waals surface area contributed by atoms with Gasteiger partial charge in [-0.1, -0.05) is 134 Å². The summed E-state index contributed by atoms with van der Waals surface area (Å²) in [5, 5.41) is 0. The fourth-order valence-electron chi connectivity index (χ4n) is 7.19. The van der Waals surface area contributed by atoms with Gasteiger partial charge in [-0.25, -0.2) is 0 Å². The molecule has 0 bridgehead atoms. The zero-order chi connectivity index (χ0) is 40.4. The number of fused-ring (bicyclic) bond motifs is 1. The third-order valence-corrected chi connectivity index (χ3v) is 10.2. The fourth-order valence-corrected chi connectivity index (χ4v) is 7.19. The maximum absolute atomic E-state index is 5.30. The van der Waals surface area contributed by atoms with E-state index in [9.17, 15) is 0 Å². The van der Waals surface area contributed by atoms with E-state index in [2.05, 4.69) is 216 Å². The Morgan fingerprint density at radius 3 is 2.25 bits per heavy atom. The summed E-state index contributed by atoms with van der Waals surface area (Å²) in [4.78, 5) is 8.55. The molecule has 2 nitrogen and oxygen atoms in total. The van der Waals surface area contributed by atoms with Gasteiger partial charge in [0, 0.05) is 17.3 Å². The van der Waals surface area contributed by atoms with E-state index in [-0.39, 0.29) is 0 Å². The highest BCUT2D eigenvalue weighted by Gasteiger charge is 2.21. The standard InChI is InChI=1S/C52H51N.C3H5N/c1-6-18-39(8-3)20-16-25-46-34-48-27-17-26-47(36-51(48)38(46)5)50-33-40(37-53-52(41(9-4)19-7-2)45-23-14-11-15-24-45)32-49(35-50)44-30-28-43(29-31-44)42-21-12-10-13-22-42;1-3-4-2/h6-9,11-12,14-19,21-25,27-33,35-36H,10,13,20,34,37H2,1-5H3;3H,1-2H2/b18-6-,19-7-,25-16-,39-8+,41-9+,53-52?;. The monoisotopic (exact) mass is 744 g/mol. The molecule has 3 aromatic carbocycles. The van der Waals surface area contributed by atoms with Crippen molar-refractivity contribution in [1.82, 2.24) is 0 Å². The van der Waals surface area contributed by atoms with Crippen LogP contribution < -0.4 is 0 Å². The molecule has 0 fully saturated rings. The molecule has 0 saturated carbocycles. The van der Waals surface area contributed by atoms with E-state index in [0.29, 0.717) is 6.54 Å². The first-order chi connectivity index (χ1) is 27.9. The number of hydrogen-bond donors (Lipinski definition) is 0. The number of aliphatic imine (C=N–C) groups is 2. The number of nitrogens with zero attached hydrogens (tertiary/aromatic N) is 2. The zero-order valence-electron chi connectivity index (χ0n) is 34.4. The van der Waals surface area contributed by atoms with Gasteiger partial charge in [0.1, 0.15) is 0 Å². The Kier molecular flexibility index (Phi) is 15.9. The van der Waals surface area contributed by atoms with Crippen molar-refractivity contribution in [3.8, 4) is 11.1 Å². The topological polar surface area (TPSA) is 24.7 Å². The van der Waals surface area contributed by atoms with Gasteiger partial charge in [0.05, 0.1) is 12.3 Å². The molecule has 3 aromatic rings. The molecular formula is C55H56N2. The molecule has 0 aromatic heterocycles. The van der Waals surface area contributed by atoms with Crippen molar-refractivity contribution in [2.45, 2.75) is 66.8 Å². The van der Waals surface area contributed by atoms with Crippen LogP contribution in [-0.2, 0) is 6.54 Å². The predicted molar refractivity (Wildman–Crippen MR) is 251 cm³/mol. The number of allylic oxidation sites excluding steroid dienone is 21. The van der Waals surface area contributed by atoms with Crippen LogP contribution in [0.4, 0.5) is 0 Å². The number of hydrogen-bond acceptors (Lipinski definition) is 2. The van der Waals surface area contributed by atoms with E-state index >= 15 is 0 Å². The van der Waals surface area contributed by atoms with Crippen molar-refractivity contribution in [2.24, 2.45) is 9.98 Å². The first-order valence-electron chi connectivity index (χ1n) is 20.0. The molecule has 0 unspecified atom stereocenters. The fraction of sp³-hybridized carbons (Fsp3) is 0.182. The van der Waals surface area contributed by atoms with Gasteiger partial charge in [-0.05, 0) is 164 Å². The summed E-state index contributed by atoms with van der Waals surface area (Å²) in [6, 6.07) is 26.5. The molecule has 0 spiro atoms. The summed E-state index contributed by atoms with van der Waals surface area (Å²) in [6.07, 6.45) is 36.5. The van der Waals surface area contributed by atoms with E-state index in [1.165, 1.54) is 56.3 Å². The molecular weight excluding hydrogens is 689 g/mol. The molecule has 0 atom stereocenters. The van der Waals surface area contributed by atoms with Crippen LogP contribution in [0, 0.1) is 0 Å². The lowest BCUT2D eigenvalue weighted by Gasteiger charge is -2.13. The normalized spacial score (nSPS) is 15.9. The van der Waals surface area contributed by atoms with Crippen LogP contribution in [0.15, 0.2) is 220 Å². The van der Waals surface area contributed by atoms with Gasteiger partial charge >= 0.3 is 0 Å². The largest absolute Gasteiger partial charge is 0.279 e. The lowest BCUT2D eigenvalue weighted by molar-refractivity contribution is 1.04. The lowest BCUT2D eigenvalue weighted by Crippen LogP contribution is -2.04. The average Bonchev–Trinajstić information content (AvgIpc) is 3.40. The van der Waals surface area contributed by atoms with Crippen molar-refractivity contribution >= 4 is 23.6 Å². The molecule has 0 radical (unpaired) electrons. The Hall–Kier alpha value is -6.34. The number of rotatable bonds is 13. The van der Waals surface area contributed by atoms with E-state index in [1.807, 2.05) is 0 Å². The summed E-state index contributed by atoms with van der Waals surface area (Å²) in [5.41, 5.74) is 21.9. The minimum Gasteiger partial charge on any atom is -0.279 e. The Morgan fingerprint density at radius 2 is 1.58 bits per heavy atom. The van der Waals surface area contributed by atoms with E-state index < -0.39 is 0 Å². The van der Waals surface area contributed by atoms with Gasteiger partial charge in [-0.15, -0.1) is 5.73 Å². The summed E-state index contributed by atoms with van der Waals surface area (Å²) in [6.45, 7) is 17.5. The molecule has 57 heavy (non-hydrogen) atoms. The SMILES string of the molecule is C/C=C\C(=C/C)C/C=C\C1=C(C)C2=CC(c3cc(CN=C(C(/C=C\C)=C/C)c4ccccc4)cc(-c4ccc(C5=CCCC=C5)cc4)c3)=C=CC=C2C1.C=CN=C. The molecule has 286 valence electrons. The van der Waals surface area contributed by atoms with E-state index in [0.717, 1.165) is 59.2 Å². The van der Waals surface area contributed by atoms with Crippen LogP contribution in [0.3, 0.4) is 0 Å². The highest BCUT2D eigenvalue weighted by atomic mass is 14.7. The van der Waals surface area contributed by atoms with Crippen molar-refractivity contribution in [3.05, 3.63) is 232 Å². The van der Waals surface area contributed by atoms with Gasteiger partial charge in [-0.2, -0.15) is 0 Å².